The summed E-state index contributed by atoms with van der Waals surface area (Å²) in [4.78, 5) is 35.2. The van der Waals surface area contributed by atoms with Crippen molar-refractivity contribution in [3.8, 4) is 11.4 Å². The molecule has 0 spiro atoms. The molecule has 8 heteroatoms. The van der Waals surface area contributed by atoms with Crippen LogP contribution >= 0.6 is 0 Å². The fraction of sp³-hybridized carbons (Fsp3) is 0.208. The number of H-pyrrole nitrogens is 2. The number of carbonyl (C=O) groups is 1. The SMILES string of the molecule is Cc1ccc(F)cc1C[C@@H](C)Nc1cc[nH]c(=O)c1-c1nc2cc3c(cc2[nH]1)CNC3=O. The van der Waals surface area contributed by atoms with Crippen LogP contribution in [0.5, 0.6) is 0 Å². The number of aromatic amines is 2. The Bertz CT molecular complexity index is 1420. The minimum Gasteiger partial charge on any atom is -0.381 e. The second-order valence-electron chi connectivity index (χ2n) is 8.21. The van der Waals surface area contributed by atoms with Gasteiger partial charge < -0.3 is 20.6 Å². The van der Waals surface area contributed by atoms with E-state index < -0.39 is 0 Å². The molecule has 0 fully saturated rings. The number of nitrogens with zero attached hydrogens (tertiary/aromatic N) is 1. The van der Waals surface area contributed by atoms with E-state index in [0.29, 0.717) is 41.1 Å². The first-order valence-electron chi connectivity index (χ1n) is 10.4. The van der Waals surface area contributed by atoms with Gasteiger partial charge in [-0.1, -0.05) is 6.07 Å². The number of nitrogens with one attached hydrogen (secondary N) is 4. The van der Waals surface area contributed by atoms with Crippen molar-refractivity contribution < 1.29 is 9.18 Å². The minimum absolute atomic E-state index is 0.0621. The molecule has 0 saturated carbocycles. The maximum Gasteiger partial charge on any atom is 0.261 e. The molecule has 0 unspecified atom stereocenters. The highest BCUT2D eigenvalue weighted by Gasteiger charge is 2.22. The molecule has 1 aliphatic rings. The van der Waals surface area contributed by atoms with Crippen LogP contribution in [-0.2, 0) is 13.0 Å². The van der Waals surface area contributed by atoms with Crippen molar-refractivity contribution >= 4 is 22.6 Å². The van der Waals surface area contributed by atoms with Crippen molar-refractivity contribution in [2.45, 2.75) is 32.9 Å². The van der Waals surface area contributed by atoms with Gasteiger partial charge in [0, 0.05) is 24.3 Å². The summed E-state index contributed by atoms with van der Waals surface area (Å²) in [6, 6.07) is 10.1. The number of hydrogen-bond acceptors (Lipinski definition) is 4. The Morgan fingerprint density at radius 3 is 2.88 bits per heavy atom. The number of benzene rings is 2. The van der Waals surface area contributed by atoms with Crippen LogP contribution in [0.3, 0.4) is 0 Å². The van der Waals surface area contributed by atoms with Crippen molar-refractivity contribution in [2.75, 3.05) is 5.32 Å². The summed E-state index contributed by atoms with van der Waals surface area (Å²) in [5.74, 6) is 0.0351. The van der Waals surface area contributed by atoms with Gasteiger partial charge in [0.15, 0.2) is 0 Å². The molecule has 0 bridgehead atoms. The first-order valence-corrected chi connectivity index (χ1v) is 10.4. The quantitative estimate of drug-likeness (QED) is 0.387. The Labute approximate surface area is 183 Å². The molecule has 3 heterocycles. The average Bonchev–Trinajstić information content (AvgIpc) is 3.32. The topological polar surface area (TPSA) is 103 Å². The fourth-order valence-electron chi connectivity index (χ4n) is 4.19. The maximum atomic E-state index is 13.7. The van der Waals surface area contributed by atoms with Crippen LogP contribution in [0.1, 0.15) is 34.0 Å². The number of fused-ring (bicyclic) bond motifs is 2. The molecule has 0 aliphatic carbocycles. The van der Waals surface area contributed by atoms with Gasteiger partial charge in [0.2, 0.25) is 0 Å². The summed E-state index contributed by atoms with van der Waals surface area (Å²) < 4.78 is 13.7. The van der Waals surface area contributed by atoms with Gasteiger partial charge >= 0.3 is 0 Å². The molecule has 0 saturated heterocycles. The Hall–Kier alpha value is -3.94. The van der Waals surface area contributed by atoms with Gasteiger partial charge in [-0.15, -0.1) is 0 Å². The molecule has 32 heavy (non-hydrogen) atoms. The van der Waals surface area contributed by atoms with E-state index >= 15 is 0 Å². The lowest BCUT2D eigenvalue weighted by molar-refractivity contribution is 0.0966. The second kappa shape index (κ2) is 7.64. The highest BCUT2D eigenvalue weighted by Crippen LogP contribution is 2.28. The van der Waals surface area contributed by atoms with Crippen molar-refractivity contribution in [1.82, 2.24) is 20.3 Å². The molecule has 1 amide bonds. The van der Waals surface area contributed by atoms with Crippen LogP contribution in [0.15, 0.2) is 47.4 Å². The number of aromatic nitrogens is 3. The molecule has 2 aromatic carbocycles. The monoisotopic (exact) mass is 431 g/mol. The zero-order valence-electron chi connectivity index (χ0n) is 17.7. The van der Waals surface area contributed by atoms with Gasteiger partial charge in [-0.05, 0) is 67.3 Å². The lowest BCUT2D eigenvalue weighted by atomic mass is 10.0. The molecular formula is C24H22FN5O2. The van der Waals surface area contributed by atoms with Crippen LogP contribution in [0, 0.1) is 12.7 Å². The standard InChI is InChI=1S/C24H22FN5O2/c1-12-3-4-16(25)8-14(12)7-13(2)28-18-5-6-26-24(32)21(18)22-29-19-9-15-11-27-23(31)17(15)10-20(19)30-22/h3-6,8-10,13H,7,11H2,1-2H3,(H,27,31)(H,29,30)(H2,26,28,32)/t13-/m1/s1. The molecule has 1 aliphatic heterocycles. The molecule has 4 N–H and O–H groups in total. The van der Waals surface area contributed by atoms with Crippen LogP contribution in [0.4, 0.5) is 10.1 Å². The normalized spacial score (nSPS) is 13.8. The minimum atomic E-state index is -0.284. The van der Waals surface area contributed by atoms with Crippen LogP contribution in [-0.4, -0.2) is 26.9 Å². The predicted octanol–water partition coefficient (Wildman–Crippen LogP) is 3.65. The lowest BCUT2D eigenvalue weighted by Gasteiger charge is -2.18. The third-order valence-corrected chi connectivity index (χ3v) is 5.83. The molecule has 5 rings (SSSR count). The van der Waals surface area contributed by atoms with E-state index in [1.807, 2.05) is 19.9 Å². The molecule has 2 aromatic heterocycles. The zero-order valence-corrected chi connectivity index (χ0v) is 17.7. The van der Waals surface area contributed by atoms with E-state index in [4.69, 9.17) is 0 Å². The van der Waals surface area contributed by atoms with Gasteiger partial charge in [-0.2, -0.15) is 0 Å². The van der Waals surface area contributed by atoms with E-state index in [0.717, 1.165) is 22.2 Å². The van der Waals surface area contributed by atoms with E-state index in [9.17, 15) is 14.0 Å². The number of rotatable bonds is 5. The van der Waals surface area contributed by atoms with Crippen molar-refractivity contribution in [3.63, 3.8) is 0 Å². The van der Waals surface area contributed by atoms with Crippen LogP contribution in [0.25, 0.3) is 22.4 Å². The summed E-state index contributed by atoms with van der Waals surface area (Å²) in [6.07, 6.45) is 2.17. The number of carbonyl (C=O) groups excluding carboxylic acids is 1. The summed E-state index contributed by atoms with van der Waals surface area (Å²) in [6.45, 7) is 4.41. The first kappa shape index (κ1) is 20.0. The van der Waals surface area contributed by atoms with E-state index in [1.54, 1.807) is 30.5 Å². The number of pyridine rings is 1. The number of aryl methyl sites for hydroxylation is 1. The zero-order chi connectivity index (χ0) is 22.4. The van der Waals surface area contributed by atoms with Gasteiger partial charge in [-0.3, -0.25) is 9.59 Å². The number of imidazole rings is 1. The fourth-order valence-corrected chi connectivity index (χ4v) is 4.19. The largest absolute Gasteiger partial charge is 0.381 e. The number of amides is 1. The van der Waals surface area contributed by atoms with E-state index in [-0.39, 0.29) is 23.3 Å². The van der Waals surface area contributed by atoms with E-state index in [2.05, 4.69) is 25.6 Å². The highest BCUT2D eigenvalue weighted by molar-refractivity contribution is 6.01. The molecule has 162 valence electrons. The molecule has 4 aromatic rings. The predicted molar refractivity (Wildman–Crippen MR) is 121 cm³/mol. The van der Waals surface area contributed by atoms with Crippen molar-refractivity contribution in [1.29, 1.82) is 0 Å². The Morgan fingerprint density at radius 2 is 2.03 bits per heavy atom. The van der Waals surface area contributed by atoms with Gasteiger partial charge in [0.25, 0.3) is 11.5 Å². The Balaban J connectivity index is 1.49. The summed E-state index contributed by atoms with van der Waals surface area (Å²) in [5.41, 5.74) is 5.53. The summed E-state index contributed by atoms with van der Waals surface area (Å²) in [5, 5.41) is 6.17. The lowest BCUT2D eigenvalue weighted by Crippen LogP contribution is -2.22. The maximum absolute atomic E-state index is 13.7. The van der Waals surface area contributed by atoms with Gasteiger partial charge in [0.05, 0.1) is 16.7 Å². The summed E-state index contributed by atoms with van der Waals surface area (Å²) in [7, 11) is 0. The molecule has 7 nitrogen and oxygen atoms in total. The number of halogens is 1. The molecule has 0 radical (unpaired) electrons. The van der Waals surface area contributed by atoms with Crippen LogP contribution in [0.2, 0.25) is 0 Å². The van der Waals surface area contributed by atoms with E-state index in [1.165, 1.54) is 6.07 Å². The number of hydrogen-bond donors (Lipinski definition) is 4. The number of anilines is 1. The highest BCUT2D eigenvalue weighted by atomic mass is 19.1. The third kappa shape index (κ3) is 3.53. The molecular weight excluding hydrogens is 409 g/mol. The Morgan fingerprint density at radius 1 is 1.19 bits per heavy atom. The smallest absolute Gasteiger partial charge is 0.261 e. The van der Waals surface area contributed by atoms with Crippen molar-refractivity contribution in [3.05, 3.63) is 81.0 Å². The molecule has 1 atom stereocenters. The van der Waals surface area contributed by atoms with Gasteiger partial charge in [-0.25, -0.2) is 9.37 Å². The van der Waals surface area contributed by atoms with Crippen LogP contribution < -0.4 is 16.2 Å². The Kier molecular flexibility index (Phi) is 4.77. The van der Waals surface area contributed by atoms with Gasteiger partial charge in [0.1, 0.15) is 17.2 Å². The summed E-state index contributed by atoms with van der Waals surface area (Å²) >= 11 is 0. The third-order valence-electron chi connectivity index (χ3n) is 5.83. The average molecular weight is 431 g/mol. The first-order chi connectivity index (χ1) is 15.4. The van der Waals surface area contributed by atoms with Crippen molar-refractivity contribution in [2.24, 2.45) is 0 Å². The second-order valence-corrected chi connectivity index (χ2v) is 8.21.